The van der Waals surface area contributed by atoms with Gasteiger partial charge in [0, 0.05) is 31.4 Å². The predicted octanol–water partition coefficient (Wildman–Crippen LogP) is 3.71. The third kappa shape index (κ3) is 7.20. The Balaban J connectivity index is 0.00000361. The minimum Gasteiger partial charge on any atom is -0.492 e. The van der Waals surface area contributed by atoms with E-state index < -0.39 is 16.1 Å². The molecule has 1 amide bonds. The van der Waals surface area contributed by atoms with Crippen molar-refractivity contribution in [3.8, 4) is 16.9 Å². The molecule has 1 atom stereocenters. The molecule has 10 heteroatoms. The summed E-state index contributed by atoms with van der Waals surface area (Å²) in [4.78, 5) is 11.3. The molecule has 0 saturated carbocycles. The number of nitrogens with one attached hydrogen (secondary N) is 3. The average molecular weight is 532 g/mol. The van der Waals surface area contributed by atoms with E-state index >= 15 is 0 Å². The number of ether oxygens (including phenoxy) is 1. The van der Waals surface area contributed by atoms with Crippen LogP contribution >= 0.6 is 12.4 Å². The molecule has 1 aliphatic carbocycles. The van der Waals surface area contributed by atoms with Gasteiger partial charge in [-0.1, -0.05) is 24.3 Å². The van der Waals surface area contributed by atoms with Crippen molar-refractivity contribution in [2.45, 2.75) is 19.4 Å². The van der Waals surface area contributed by atoms with Crippen LogP contribution in [0.15, 0.2) is 60.7 Å². The van der Waals surface area contributed by atoms with Gasteiger partial charge >= 0.3 is 0 Å². The number of sulfonamides is 1. The fourth-order valence-corrected chi connectivity index (χ4v) is 4.73. The smallest absolute Gasteiger partial charge is 0.229 e. The molecule has 192 valence electrons. The van der Waals surface area contributed by atoms with Gasteiger partial charge in [-0.3, -0.25) is 9.52 Å². The molecule has 0 bridgehead atoms. The lowest BCUT2D eigenvalue weighted by Gasteiger charge is -2.14. The number of benzene rings is 3. The van der Waals surface area contributed by atoms with Crippen LogP contribution in [-0.2, 0) is 21.2 Å². The highest BCUT2D eigenvalue weighted by Gasteiger charge is 2.19. The maximum Gasteiger partial charge on any atom is 0.229 e. The van der Waals surface area contributed by atoms with Gasteiger partial charge in [0.1, 0.15) is 12.4 Å². The fraction of sp³-hybridized carbons (Fsp3) is 0.269. The highest BCUT2D eigenvalue weighted by Crippen LogP contribution is 2.39. The number of carbonyl (C=O) groups is 1. The van der Waals surface area contributed by atoms with E-state index in [1.807, 2.05) is 30.3 Å². The van der Waals surface area contributed by atoms with Crippen LogP contribution in [0.2, 0.25) is 0 Å². The predicted molar refractivity (Wildman–Crippen MR) is 144 cm³/mol. The van der Waals surface area contributed by atoms with Crippen LogP contribution in [0.1, 0.15) is 29.7 Å². The molecule has 0 radical (unpaired) electrons. The summed E-state index contributed by atoms with van der Waals surface area (Å²) in [6.45, 7) is 2.77. The number of aliphatic hydroxyl groups excluding tert-OH is 1. The van der Waals surface area contributed by atoms with E-state index in [1.165, 1.54) is 29.2 Å². The van der Waals surface area contributed by atoms with Crippen molar-refractivity contribution in [1.82, 2.24) is 5.32 Å². The summed E-state index contributed by atoms with van der Waals surface area (Å²) in [5.74, 6) is 0.690. The zero-order valence-electron chi connectivity index (χ0n) is 20.1. The van der Waals surface area contributed by atoms with Crippen molar-refractivity contribution < 1.29 is 23.1 Å². The van der Waals surface area contributed by atoms with Crippen molar-refractivity contribution in [3.05, 3.63) is 77.4 Å². The fourth-order valence-electron chi connectivity index (χ4n) is 4.18. The highest BCUT2D eigenvalue weighted by molar-refractivity contribution is 7.92. The lowest BCUT2D eigenvalue weighted by Crippen LogP contribution is -2.26. The monoisotopic (exact) mass is 531 g/mol. The average Bonchev–Trinajstić information content (AvgIpc) is 3.14. The summed E-state index contributed by atoms with van der Waals surface area (Å²) >= 11 is 0. The number of aliphatic hydroxyl groups is 1. The van der Waals surface area contributed by atoms with Crippen molar-refractivity contribution in [2.24, 2.45) is 0 Å². The summed E-state index contributed by atoms with van der Waals surface area (Å²) in [5, 5.41) is 16.4. The molecule has 1 aliphatic rings. The first-order chi connectivity index (χ1) is 16.7. The molecule has 1 unspecified atom stereocenters. The Morgan fingerprint density at radius 1 is 1.03 bits per heavy atom. The normalized spacial score (nSPS) is 12.6. The van der Waals surface area contributed by atoms with Crippen molar-refractivity contribution in [1.29, 1.82) is 0 Å². The summed E-state index contributed by atoms with van der Waals surface area (Å²) in [5.41, 5.74) is 6.54. The molecular weight excluding hydrogens is 502 g/mol. The van der Waals surface area contributed by atoms with Crippen LogP contribution in [0, 0.1) is 0 Å². The molecule has 4 N–H and O–H groups in total. The van der Waals surface area contributed by atoms with Crippen molar-refractivity contribution in [3.63, 3.8) is 0 Å². The molecule has 4 rings (SSSR count). The third-order valence-electron chi connectivity index (χ3n) is 5.63. The summed E-state index contributed by atoms with van der Waals surface area (Å²) < 4.78 is 31.1. The molecule has 0 heterocycles. The van der Waals surface area contributed by atoms with Gasteiger partial charge in [-0.2, -0.15) is 0 Å². The zero-order valence-corrected chi connectivity index (χ0v) is 21.7. The van der Waals surface area contributed by atoms with Crippen LogP contribution in [0.5, 0.6) is 5.75 Å². The maximum atomic E-state index is 11.4. The van der Waals surface area contributed by atoms with E-state index in [2.05, 4.69) is 21.4 Å². The summed E-state index contributed by atoms with van der Waals surface area (Å²) in [7, 11) is -3.38. The third-order valence-corrected chi connectivity index (χ3v) is 6.24. The molecule has 36 heavy (non-hydrogen) atoms. The Labute approximate surface area is 217 Å². The van der Waals surface area contributed by atoms with Crippen molar-refractivity contribution in [2.75, 3.05) is 36.0 Å². The molecular formula is C26H30ClN3O5S. The van der Waals surface area contributed by atoms with Gasteiger partial charge < -0.3 is 20.5 Å². The molecule has 0 fully saturated rings. The SMILES string of the molecule is CC(=O)Nc1ccc2c(c1)Cc1cc(OCCNCC(O)c3cccc(NS(C)(=O)=O)c3)ccc1-2.Cl. The molecule has 0 spiro atoms. The lowest BCUT2D eigenvalue weighted by molar-refractivity contribution is -0.114. The van der Waals surface area contributed by atoms with Crippen LogP contribution in [0.3, 0.4) is 0 Å². The Kier molecular flexibility index (Phi) is 8.97. The van der Waals surface area contributed by atoms with Gasteiger partial charge in [-0.15, -0.1) is 12.4 Å². The second-order valence-electron chi connectivity index (χ2n) is 8.62. The molecule has 0 saturated heterocycles. The highest BCUT2D eigenvalue weighted by atomic mass is 35.5. The van der Waals surface area contributed by atoms with Gasteiger partial charge in [-0.25, -0.2) is 8.42 Å². The van der Waals surface area contributed by atoms with Gasteiger partial charge in [0.15, 0.2) is 0 Å². The van der Waals surface area contributed by atoms with E-state index in [9.17, 15) is 18.3 Å². The first kappa shape index (κ1) is 27.5. The molecule has 8 nitrogen and oxygen atoms in total. The van der Waals surface area contributed by atoms with Crippen LogP contribution in [-0.4, -0.2) is 45.4 Å². The number of rotatable bonds is 10. The van der Waals surface area contributed by atoms with Gasteiger partial charge in [-0.05, 0) is 70.6 Å². The number of fused-ring (bicyclic) bond motifs is 3. The van der Waals surface area contributed by atoms with E-state index in [0.717, 1.165) is 24.1 Å². The summed E-state index contributed by atoms with van der Waals surface area (Å²) in [6.07, 6.45) is 1.09. The van der Waals surface area contributed by atoms with Crippen LogP contribution in [0.25, 0.3) is 11.1 Å². The molecule has 0 aliphatic heterocycles. The quantitative estimate of drug-likeness (QED) is 0.232. The van der Waals surface area contributed by atoms with Gasteiger partial charge in [0.25, 0.3) is 0 Å². The number of amides is 1. The lowest BCUT2D eigenvalue weighted by atomic mass is 10.1. The van der Waals surface area contributed by atoms with Gasteiger partial charge in [0.05, 0.1) is 12.4 Å². The number of carbonyl (C=O) groups excluding carboxylic acids is 1. The Bertz CT molecular complexity index is 1350. The second-order valence-corrected chi connectivity index (χ2v) is 10.4. The Morgan fingerprint density at radius 3 is 2.47 bits per heavy atom. The minimum absolute atomic E-state index is 0. The number of halogens is 1. The Hall–Kier alpha value is -3.11. The molecule has 3 aromatic carbocycles. The number of hydrogen-bond acceptors (Lipinski definition) is 6. The Morgan fingerprint density at radius 2 is 1.75 bits per heavy atom. The zero-order chi connectivity index (χ0) is 25.0. The van der Waals surface area contributed by atoms with Crippen LogP contribution < -0.4 is 20.1 Å². The van der Waals surface area contributed by atoms with E-state index in [0.29, 0.717) is 30.9 Å². The second kappa shape index (κ2) is 11.7. The number of anilines is 2. The minimum atomic E-state index is -3.38. The van der Waals surface area contributed by atoms with Crippen LogP contribution in [0.4, 0.5) is 11.4 Å². The van der Waals surface area contributed by atoms with Gasteiger partial charge in [0.2, 0.25) is 15.9 Å². The van der Waals surface area contributed by atoms with E-state index in [1.54, 1.807) is 24.3 Å². The largest absolute Gasteiger partial charge is 0.492 e. The maximum absolute atomic E-state index is 11.4. The van der Waals surface area contributed by atoms with E-state index in [-0.39, 0.29) is 18.3 Å². The first-order valence-corrected chi connectivity index (χ1v) is 13.2. The first-order valence-electron chi connectivity index (χ1n) is 11.3. The van der Waals surface area contributed by atoms with Crippen molar-refractivity contribution >= 4 is 39.7 Å². The van der Waals surface area contributed by atoms with E-state index in [4.69, 9.17) is 4.74 Å². The summed E-state index contributed by atoms with van der Waals surface area (Å²) in [6, 6.07) is 18.7. The standard InChI is InChI=1S/C26H29N3O5S.ClH/c1-17(30)28-21-6-8-24-19(14-21)12-20-15-23(7-9-25(20)24)34-11-10-27-16-26(31)18-4-3-5-22(13-18)29-35(2,32)33;/h3-9,13-15,26-27,29,31H,10-12,16H2,1-2H3,(H,28,30);1H. The molecule has 0 aromatic heterocycles. The topological polar surface area (TPSA) is 117 Å². The number of hydrogen-bond donors (Lipinski definition) is 4. The molecule has 3 aromatic rings.